The number of ether oxygens (including phenoxy) is 1. The molecule has 4 rings (SSSR count). The van der Waals surface area contributed by atoms with Crippen LogP contribution in [-0.4, -0.2) is 42.0 Å². The lowest BCUT2D eigenvalue weighted by atomic mass is 9.96. The molecule has 1 aliphatic carbocycles. The molecule has 1 fully saturated rings. The van der Waals surface area contributed by atoms with Gasteiger partial charge in [-0.05, 0) is 53.6 Å². The first-order valence-electron chi connectivity index (χ1n) is 12.1. The average molecular weight is 464 g/mol. The molecule has 0 aromatic heterocycles. The summed E-state index contributed by atoms with van der Waals surface area (Å²) in [6.45, 7) is 4.22. The van der Waals surface area contributed by atoms with Gasteiger partial charge in [-0.25, -0.2) is 9.59 Å². The van der Waals surface area contributed by atoms with Crippen molar-refractivity contribution in [1.29, 1.82) is 0 Å². The number of nitrogens with one attached hydrogen (secondary N) is 2. The van der Waals surface area contributed by atoms with E-state index in [2.05, 4.69) is 10.6 Å². The van der Waals surface area contributed by atoms with E-state index in [-0.39, 0.29) is 23.9 Å². The van der Waals surface area contributed by atoms with Crippen LogP contribution in [0.25, 0.3) is 11.1 Å². The number of nitrogens with zero attached hydrogens (tertiary/aromatic N) is 1. The third kappa shape index (κ3) is 5.08. The maximum atomic E-state index is 13.1. The number of urea groups is 1. The van der Waals surface area contributed by atoms with Crippen molar-refractivity contribution in [1.82, 2.24) is 10.2 Å². The quantitative estimate of drug-likeness (QED) is 0.593. The number of anilines is 1. The van der Waals surface area contributed by atoms with E-state index in [1.54, 1.807) is 4.90 Å². The number of carbonyl (C=O) groups excluding carboxylic acids is 3. The Morgan fingerprint density at radius 1 is 1.00 bits per heavy atom. The van der Waals surface area contributed by atoms with E-state index in [9.17, 15) is 14.4 Å². The molecular weight excluding hydrogens is 430 g/mol. The molecule has 0 saturated heterocycles. The molecule has 7 nitrogen and oxygen atoms in total. The Labute approximate surface area is 200 Å². The highest BCUT2D eigenvalue weighted by molar-refractivity contribution is 6.01. The molecule has 2 aromatic rings. The zero-order valence-electron chi connectivity index (χ0n) is 20.1. The van der Waals surface area contributed by atoms with E-state index in [0.29, 0.717) is 12.1 Å². The van der Waals surface area contributed by atoms with Crippen LogP contribution >= 0.6 is 0 Å². The molecule has 1 aliphatic heterocycles. The number of hydrogen-bond acceptors (Lipinski definition) is 4. The summed E-state index contributed by atoms with van der Waals surface area (Å²) in [5.41, 5.74) is 4.09. The van der Waals surface area contributed by atoms with E-state index < -0.39 is 12.0 Å². The van der Waals surface area contributed by atoms with Gasteiger partial charge in [-0.1, -0.05) is 57.4 Å². The van der Waals surface area contributed by atoms with Crippen molar-refractivity contribution in [3.63, 3.8) is 0 Å². The fourth-order valence-corrected chi connectivity index (χ4v) is 4.95. The van der Waals surface area contributed by atoms with E-state index in [1.165, 1.54) is 26.4 Å². The van der Waals surface area contributed by atoms with Gasteiger partial charge in [0.1, 0.15) is 6.04 Å². The highest BCUT2D eigenvalue weighted by Gasteiger charge is 2.38. The van der Waals surface area contributed by atoms with Gasteiger partial charge in [0, 0.05) is 23.8 Å². The molecule has 2 aliphatic rings. The minimum absolute atomic E-state index is 0.0551. The van der Waals surface area contributed by atoms with Crippen LogP contribution in [0.1, 0.15) is 61.9 Å². The Morgan fingerprint density at radius 2 is 1.68 bits per heavy atom. The molecular formula is C27H33N3O4. The van der Waals surface area contributed by atoms with Crippen LogP contribution in [0.4, 0.5) is 10.5 Å². The molecule has 2 N–H and O–H groups in total. The topological polar surface area (TPSA) is 87.7 Å². The average Bonchev–Trinajstić information content (AvgIpc) is 3.15. The fraction of sp³-hybridized carbons (Fsp3) is 0.444. The first kappa shape index (κ1) is 23.8. The third-order valence-electron chi connectivity index (χ3n) is 6.77. The van der Waals surface area contributed by atoms with Crippen LogP contribution in [-0.2, 0) is 16.1 Å². The SMILES string of the molecule is COC(=O)[C@H](C(C)C)N1Cc2ccc(-c3ccc(NC(=O)NC4CCCCC4)cc3)cc2C1=O. The molecule has 0 radical (unpaired) electrons. The van der Waals surface area contributed by atoms with Gasteiger partial charge in [-0.3, -0.25) is 4.79 Å². The monoisotopic (exact) mass is 463 g/mol. The summed E-state index contributed by atoms with van der Waals surface area (Å²) in [5, 5.41) is 5.96. The molecule has 1 heterocycles. The van der Waals surface area contributed by atoms with E-state index >= 15 is 0 Å². The summed E-state index contributed by atoms with van der Waals surface area (Å²) in [4.78, 5) is 39.3. The minimum Gasteiger partial charge on any atom is -0.467 e. The highest BCUT2D eigenvalue weighted by atomic mass is 16.5. The molecule has 1 atom stereocenters. The van der Waals surface area contributed by atoms with Crippen molar-refractivity contribution in [3.8, 4) is 11.1 Å². The minimum atomic E-state index is -0.613. The van der Waals surface area contributed by atoms with Crippen LogP contribution < -0.4 is 10.6 Å². The third-order valence-corrected chi connectivity index (χ3v) is 6.77. The smallest absolute Gasteiger partial charge is 0.328 e. The molecule has 3 amide bonds. The van der Waals surface area contributed by atoms with Crippen molar-refractivity contribution in [2.45, 2.75) is 64.6 Å². The number of rotatable bonds is 6. The lowest BCUT2D eigenvalue weighted by molar-refractivity contribution is -0.147. The van der Waals surface area contributed by atoms with Crippen molar-refractivity contribution in [2.24, 2.45) is 5.92 Å². The zero-order valence-corrected chi connectivity index (χ0v) is 20.1. The Kier molecular flexibility index (Phi) is 7.20. The first-order valence-corrected chi connectivity index (χ1v) is 12.1. The number of methoxy groups -OCH3 is 1. The maximum absolute atomic E-state index is 13.1. The van der Waals surface area contributed by atoms with Gasteiger partial charge >= 0.3 is 12.0 Å². The number of carbonyl (C=O) groups is 3. The normalized spacial score (nSPS) is 16.8. The molecule has 0 spiro atoms. The second kappa shape index (κ2) is 10.3. The molecule has 1 saturated carbocycles. The number of benzene rings is 2. The Balaban J connectivity index is 1.44. The van der Waals surface area contributed by atoms with Crippen LogP contribution in [0.15, 0.2) is 42.5 Å². The van der Waals surface area contributed by atoms with Gasteiger partial charge in [0.05, 0.1) is 7.11 Å². The lowest BCUT2D eigenvalue weighted by Crippen LogP contribution is -2.45. The van der Waals surface area contributed by atoms with Gasteiger partial charge in [-0.2, -0.15) is 0 Å². The summed E-state index contributed by atoms with van der Waals surface area (Å²) in [6, 6.07) is 12.9. The predicted octanol–water partition coefficient (Wildman–Crippen LogP) is 4.96. The first-order chi connectivity index (χ1) is 16.4. The second-order valence-electron chi connectivity index (χ2n) is 9.53. The van der Waals surface area contributed by atoms with E-state index in [4.69, 9.17) is 4.74 Å². The Hall–Kier alpha value is -3.35. The van der Waals surface area contributed by atoms with Gasteiger partial charge in [0.25, 0.3) is 5.91 Å². The highest BCUT2D eigenvalue weighted by Crippen LogP contribution is 2.32. The Morgan fingerprint density at radius 3 is 2.32 bits per heavy atom. The van der Waals surface area contributed by atoms with Crippen molar-refractivity contribution < 1.29 is 19.1 Å². The summed E-state index contributed by atoms with van der Waals surface area (Å²) < 4.78 is 4.94. The van der Waals surface area contributed by atoms with E-state index in [0.717, 1.165) is 35.2 Å². The maximum Gasteiger partial charge on any atom is 0.328 e. The van der Waals surface area contributed by atoms with Crippen LogP contribution in [0.5, 0.6) is 0 Å². The number of amides is 3. The van der Waals surface area contributed by atoms with E-state index in [1.807, 2.05) is 56.3 Å². The van der Waals surface area contributed by atoms with Crippen LogP contribution in [0, 0.1) is 5.92 Å². The Bertz CT molecular complexity index is 1060. The van der Waals surface area contributed by atoms with Gasteiger partial charge in [0.2, 0.25) is 0 Å². The molecule has 2 aromatic carbocycles. The van der Waals surface area contributed by atoms with Gasteiger partial charge in [-0.15, -0.1) is 0 Å². The summed E-state index contributed by atoms with van der Waals surface area (Å²) in [6.07, 6.45) is 5.66. The van der Waals surface area contributed by atoms with Gasteiger partial charge in [0.15, 0.2) is 0 Å². The summed E-state index contributed by atoms with van der Waals surface area (Å²) in [7, 11) is 1.35. The van der Waals surface area contributed by atoms with Crippen molar-refractivity contribution >= 4 is 23.6 Å². The largest absolute Gasteiger partial charge is 0.467 e. The standard InChI is InChI=1S/C27H33N3O4/c1-17(2)24(26(32)34-3)30-16-20-10-9-19(15-23(20)25(30)31)18-11-13-22(14-12-18)29-27(33)28-21-7-5-4-6-8-21/h9-15,17,21,24H,4-8,16H2,1-3H3,(H2,28,29,33)/t24-/m0/s1. The predicted molar refractivity (Wildman–Crippen MR) is 131 cm³/mol. The number of hydrogen-bond donors (Lipinski definition) is 2. The fourth-order valence-electron chi connectivity index (χ4n) is 4.95. The number of fused-ring (bicyclic) bond motifs is 1. The summed E-state index contributed by atoms with van der Waals surface area (Å²) >= 11 is 0. The zero-order chi connectivity index (χ0) is 24.2. The molecule has 34 heavy (non-hydrogen) atoms. The molecule has 7 heteroatoms. The molecule has 0 bridgehead atoms. The van der Waals surface area contributed by atoms with Crippen LogP contribution in [0.2, 0.25) is 0 Å². The second-order valence-corrected chi connectivity index (χ2v) is 9.53. The summed E-state index contributed by atoms with van der Waals surface area (Å²) in [5.74, 6) is -0.605. The van der Waals surface area contributed by atoms with Crippen molar-refractivity contribution in [2.75, 3.05) is 12.4 Å². The number of esters is 1. The van der Waals surface area contributed by atoms with Gasteiger partial charge < -0.3 is 20.3 Å². The molecule has 180 valence electrons. The van der Waals surface area contributed by atoms with Crippen molar-refractivity contribution in [3.05, 3.63) is 53.6 Å². The molecule has 0 unspecified atom stereocenters. The lowest BCUT2D eigenvalue weighted by Gasteiger charge is -2.28. The van der Waals surface area contributed by atoms with Crippen LogP contribution in [0.3, 0.4) is 0 Å².